The van der Waals surface area contributed by atoms with Crippen LogP contribution in [0.5, 0.6) is 0 Å². The summed E-state index contributed by atoms with van der Waals surface area (Å²) < 4.78 is 46.0. The molecule has 0 saturated carbocycles. The first kappa shape index (κ1) is 21.5. The fourth-order valence-electron chi connectivity index (χ4n) is 4.11. The van der Waals surface area contributed by atoms with Gasteiger partial charge in [0.05, 0.1) is 11.1 Å². The highest BCUT2D eigenvalue weighted by atomic mass is 19.4. The summed E-state index contributed by atoms with van der Waals surface area (Å²) in [6, 6.07) is 8.55. The molecule has 0 bridgehead atoms. The van der Waals surface area contributed by atoms with Gasteiger partial charge in [0.1, 0.15) is 11.5 Å². The van der Waals surface area contributed by atoms with Crippen molar-refractivity contribution < 1.29 is 22.4 Å². The number of aryl methyl sites for hydroxylation is 1. The first-order chi connectivity index (χ1) is 14.8. The summed E-state index contributed by atoms with van der Waals surface area (Å²) in [6.07, 6.45) is -0.724. The Hall–Kier alpha value is -2.74. The van der Waals surface area contributed by atoms with E-state index in [0.29, 0.717) is 29.1 Å². The van der Waals surface area contributed by atoms with Gasteiger partial charge < -0.3 is 19.2 Å². The van der Waals surface area contributed by atoms with Crippen molar-refractivity contribution >= 4 is 17.0 Å². The van der Waals surface area contributed by atoms with Gasteiger partial charge in [-0.2, -0.15) is 13.2 Å². The monoisotopic (exact) mass is 433 g/mol. The molecule has 0 unspecified atom stereocenters. The Morgan fingerprint density at radius 3 is 2.48 bits per heavy atom. The number of furan rings is 1. The van der Waals surface area contributed by atoms with Gasteiger partial charge in [-0.05, 0) is 50.6 Å². The largest absolute Gasteiger partial charge is 0.460 e. The summed E-state index contributed by atoms with van der Waals surface area (Å²) in [5, 5.41) is 2.97. The molecule has 2 aromatic heterocycles. The number of piperidine rings is 1. The SMILES string of the molecule is Cc1cc2c(cc(C(=O)NCCN3CCCCC3)n2Cc2ccc(C(F)(F)F)cc2)o1. The zero-order valence-corrected chi connectivity index (χ0v) is 17.5. The highest BCUT2D eigenvalue weighted by Gasteiger charge is 2.30. The van der Waals surface area contributed by atoms with Crippen molar-refractivity contribution in [3.05, 3.63) is 59.0 Å². The summed E-state index contributed by atoms with van der Waals surface area (Å²) in [5.74, 6) is 0.496. The lowest BCUT2D eigenvalue weighted by atomic mass is 10.1. The number of rotatable bonds is 6. The van der Waals surface area contributed by atoms with Crippen LogP contribution in [0.4, 0.5) is 13.2 Å². The molecule has 1 aliphatic rings. The lowest BCUT2D eigenvalue weighted by molar-refractivity contribution is -0.137. The van der Waals surface area contributed by atoms with Crippen molar-refractivity contribution in [1.29, 1.82) is 0 Å². The highest BCUT2D eigenvalue weighted by molar-refractivity contribution is 5.97. The number of hydrogen-bond donors (Lipinski definition) is 1. The maximum Gasteiger partial charge on any atom is 0.416 e. The van der Waals surface area contributed by atoms with Gasteiger partial charge in [-0.15, -0.1) is 0 Å². The summed E-state index contributed by atoms with van der Waals surface area (Å²) in [4.78, 5) is 15.2. The number of benzene rings is 1. The van der Waals surface area contributed by atoms with E-state index in [2.05, 4.69) is 10.2 Å². The molecule has 3 heterocycles. The van der Waals surface area contributed by atoms with Crippen molar-refractivity contribution in [3.63, 3.8) is 0 Å². The number of carbonyl (C=O) groups is 1. The average molecular weight is 433 g/mol. The molecule has 1 fully saturated rings. The van der Waals surface area contributed by atoms with E-state index in [4.69, 9.17) is 4.42 Å². The maximum atomic E-state index is 12.9. The molecule has 1 N–H and O–H groups in total. The molecule has 1 aromatic carbocycles. The van der Waals surface area contributed by atoms with E-state index in [1.807, 2.05) is 13.0 Å². The van der Waals surface area contributed by atoms with Crippen LogP contribution in [0.15, 0.2) is 40.8 Å². The third kappa shape index (κ3) is 4.95. The van der Waals surface area contributed by atoms with Gasteiger partial charge >= 0.3 is 6.18 Å². The second kappa shape index (κ2) is 8.78. The number of carbonyl (C=O) groups excluding carboxylic acids is 1. The third-order valence-corrected chi connectivity index (χ3v) is 5.73. The highest BCUT2D eigenvalue weighted by Crippen LogP contribution is 2.30. The van der Waals surface area contributed by atoms with Crippen LogP contribution in [0, 0.1) is 6.92 Å². The predicted octanol–water partition coefficient (Wildman–Crippen LogP) is 4.83. The van der Waals surface area contributed by atoms with Gasteiger partial charge in [0.15, 0.2) is 5.58 Å². The number of nitrogens with one attached hydrogen (secondary N) is 1. The molecule has 4 rings (SSSR count). The van der Waals surface area contributed by atoms with Gasteiger partial charge in [-0.3, -0.25) is 4.79 Å². The second-order valence-corrected chi connectivity index (χ2v) is 8.08. The molecular weight excluding hydrogens is 407 g/mol. The third-order valence-electron chi connectivity index (χ3n) is 5.73. The quantitative estimate of drug-likeness (QED) is 0.606. The van der Waals surface area contributed by atoms with Gasteiger partial charge in [0.2, 0.25) is 0 Å². The number of hydrogen-bond acceptors (Lipinski definition) is 3. The summed E-state index contributed by atoms with van der Waals surface area (Å²) in [7, 11) is 0. The van der Waals surface area contributed by atoms with Crippen molar-refractivity contribution in [2.24, 2.45) is 0 Å². The first-order valence-electron chi connectivity index (χ1n) is 10.6. The number of aromatic nitrogens is 1. The van der Waals surface area contributed by atoms with Crippen molar-refractivity contribution in [2.45, 2.75) is 38.9 Å². The van der Waals surface area contributed by atoms with Crippen molar-refractivity contribution in [3.8, 4) is 0 Å². The Morgan fingerprint density at radius 2 is 1.81 bits per heavy atom. The molecule has 8 heteroatoms. The van der Waals surface area contributed by atoms with E-state index >= 15 is 0 Å². The minimum atomic E-state index is -4.37. The number of alkyl halides is 3. The van der Waals surface area contributed by atoms with Crippen LogP contribution in [-0.2, 0) is 12.7 Å². The van der Waals surface area contributed by atoms with E-state index in [0.717, 1.165) is 37.3 Å². The molecule has 31 heavy (non-hydrogen) atoms. The Morgan fingerprint density at radius 1 is 1.10 bits per heavy atom. The lowest BCUT2D eigenvalue weighted by Crippen LogP contribution is -2.38. The van der Waals surface area contributed by atoms with E-state index in [1.54, 1.807) is 10.6 Å². The number of likely N-dealkylation sites (tertiary alicyclic amines) is 1. The molecule has 0 aliphatic carbocycles. The minimum Gasteiger partial charge on any atom is -0.460 e. The topological polar surface area (TPSA) is 50.4 Å². The van der Waals surface area contributed by atoms with Crippen LogP contribution in [0.1, 0.15) is 46.6 Å². The predicted molar refractivity (Wildman–Crippen MR) is 112 cm³/mol. The van der Waals surface area contributed by atoms with E-state index in [9.17, 15) is 18.0 Å². The van der Waals surface area contributed by atoms with Crippen LogP contribution in [-0.4, -0.2) is 41.6 Å². The summed E-state index contributed by atoms with van der Waals surface area (Å²) >= 11 is 0. The molecule has 5 nitrogen and oxygen atoms in total. The summed E-state index contributed by atoms with van der Waals surface area (Å²) in [6.45, 7) is 5.57. The Bertz CT molecular complexity index is 1040. The first-order valence-corrected chi connectivity index (χ1v) is 10.6. The molecule has 0 radical (unpaired) electrons. The van der Waals surface area contributed by atoms with Crippen LogP contribution < -0.4 is 5.32 Å². The number of nitrogens with zero attached hydrogens (tertiary/aromatic N) is 2. The van der Waals surface area contributed by atoms with Gasteiger partial charge in [0.25, 0.3) is 5.91 Å². The molecule has 0 atom stereocenters. The van der Waals surface area contributed by atoms with Gasteiger partial charge in [-0.25, -0.2) is 0 Å². The van der Waals surface area contributed by atoms with Crippen LogP contribution in [0.25, 0.3) is 11.1 Å². The molecular formula is C23H26F3N3O2. The second-order valence-electron chi connectivity index (χ2n) is 8.08. The van der Waals surface area contributed by atoms with E-state index < -0.39 is 11.7 Å². The molecule has 1 amide bonds. The number of amides is 1. The fraction of sp³-hybridized carbons (Fsp3) is 0.435. The van der Waals surface area contributed by atoms with Gasteiger partial charge in [0, 0.05) is 31.8 Å². The minimum absolute atomic E-state index is 0.215. The smallest absolute Gasteiger partial charge is 0.416 e. The van der Waals surface area contributed by atoms with Crippen LogP contribution in [0.2, 0.25) is 0 Å². The Kier molecular flexibility index (Phi) is 6.09. The van der Waals surface area contributed by atoms with Crippen molar-refractivity contribution in [2.75, 3.05) is 26.2 Å². The van der Waals surface area contributed by atoms with E-state index in [1.165, 1.54) is 31.4 Å². The molecule has 3 aromatic rings. The Labute approximate surface area is 178 Å². The number of halogens is 3. The van der Waals surface area contributed by atoms with Gasteiger partial charge in [-0.1, -0.05) is 18.6 Å². The zero-order valence-electron chi connectivity index (χ0n) is 17.5. The van der Waals surface area contributed by atoms with Crippen LogP contribution >= 0.6 is 0 Å². The van der Waals surface area contributed by atoms with E-state index in [-0.39, 0.29) is 12.5 Å². The number of fused-ring (bicyclic) bond motifs is 1. The maximum absolute atomic E-state index is 12.9. The standard InChI is InChI=1S/C23H26F3N3O2/c1-16-13-19-21(31-16)14-20(22(30)27-9-12-28-10-3-2-4-11-28)29(19)15-17-5-7-18(8-6-17)23(24,25)26/h5-8,13-14H,2-4,9-12,15H2,1H3,(H,27,30). The van der Waals surface area contributed by atoms with Crippen molar-refractivity contribution in [1.82, 2.24) is 14.8 Å². The molecule has 1 aliphatic heterocycles. The fourth-order valence-corrected chi connectivity index (χ4v) is 4.11. The Balaban J connectivity index is 1.51. The molecule has 0 spiro atoms. The zero-order chi connectivity index (χ0) is 22.0. The average Bonchev–Trinajstić information content (AvgIpc) is 3.25. The summed E-state index contributed by atoms with van der Waals surface area (Å²) in [5.41, 5.74) is 1.76. The normalized spacial score (nSPS) is 15.5. The lowest BCUT2D eigenvalue weighted by Gasteiger charge is -2.26. The van der Waals surface area contributed by atoms with Crippen LogP contribution in [0.3, 0.4) is 0 Å². The molecule has 1 saturated heterocycles. The molecule has 166 valence electrons.